The first-order valence-corrected chi connectivity index (χ1v) is 8.69. The van der Waals surface area contributed by atoms with Gasteiger partial charge in [-0.15, -0.1) is 0 Å². The minimum atomic E-state index is -0.890. The molecule has 0 unspecified atom stereocenters. The monoisotopic (exact) mass is 373 g/mol. The molecule has 2 fully saturated rings. The molecule has 2 N–H and O–H groups in total. The molecule has 2 aliphatic rings. The summed E-state index contributed by atoms with van der Waals surface area (Å²) in [6, 6.07) is 0. The summed E-state index contributed by atoms with van der Waals surface area (Å²) in [5.41, 5.74) is -0.286. The van der Waals surface area contributed by atoms with Gasteiger partial charge in [0.2, 0.25) is 0 Å². The van der Waals surface area contributed by atoms with Gasteiger partial charge < -0.3 is 34.1 Å². The number of ether oxygens (including phenoxy) is 5. The van der Waals surface area contributed by atoms with E-state index >= 15 is 0 Å². The van der Waals surface area contributed by atoms with E-state index in [-0.39, 0.29) is 18.8 Å². The third-order valence-electron chi connectivity index (χ3n) is 4.02. The van der Waals surface area contributed by atoms with Crippen LogP contribution in [0.4, 0.5) is 0 Å². The van der Waals surface area contributed by atoms with Crippen molar-refractivity contribution in [3.63, 3.8) is 0 Å². The lowest BCUT2D eigenvalue weighted by Gasteiger charge is -2.38. The molecule has 0 amide bonds. The fraction of sp³-hybridized carbons (Fsp3) is 0.765. The van der Waals surface area contributed by atoms with E-state index < -0.39 is 48.4 Å². The maximum Gasteiger partial charge on any atom is 0.347 e. The van der Waals surface area contributed by atoms with E-state index in [1.165, 1.54) is 6.20 Å². The highest BCUT2D eigenvalue weighted by Gasteiger charge is 2.53. The molecule has 26 heavy (non-hydrogen) atoms. The minimum absolute atomic E-state index is 0.120. The Morgan fingerprint density at radius 2 is 1.65 bits per heavy atom. The normalized spacial score (nSPS) is 32.3. The van der Waals surface area contributed by atoms with Crippen molar-refractivity contribution in [1.29, 1.82) is 0 Å². The van der Waals surface area contributed by atoms with Crippen LogP contribution in [0.2, 0.25) is 0 Å². The van der Waals surface area contributed by atoms with Gasteiger partial charge in [0.1, 0.15) is 18.3 Å². The van der Waals surface area contributed by atoms with Crippen molar-refractivity contribution in [1.82, 2.24) is 5.32 Å². The van der Waals surface area contributed by atoms with Gasteiger partial charge in [0.05, 0.1) is 19.3 Å². The number of esters is 2. The number of aliphatic hydroxyl groups is 1. The predicted octanol–water partition coefficient (Wildman–Crippen LogP) is 0.212. The van der Waals surface area contributed by atoms with Gasteiger partial charge in [0.25, 0.3) is 0 Å². The Bertz CT molecular complexity index is 541. The molecule has 2 rings (SSSR count). The second kappa shape index (κ2) is 8.34. The van der Waals surface area contributed by atoms with Gasteiger partial charge in [-0.1, -0.05) is 0 Å². The lowest BCUT2D eigenvalue weighted by atomic mass is 9.99. The molecule has 0 bridgehead atoms. The minimum Gasteiger partial charge on any atom is -0.462 e. The van der Waals surface area contributed by atoms with Gasteiger partial charge in [-0.25, -0.2) is 9.59 Å². The maximum absolute atomic E-state index is 12.0. The summed E-state index contributed by atoms with van der Waals surface area (Å²) in [5, 5.41) is 13.1. The molecule has 0 aromatic carbocycles. The lowest BCUT2D eigenvalue weighted by molar-refractivity contribution is -0.186. The Kier molecular flexibility index (Phi) is 6.62. The van der Waals surface area contributed by atoms with Crippen LogP contribution in [0.15, 0.2) is 11.8 Å². The van der Waals surface area contributed by atoms with Gasteiger partial charge in [-0.3, -0.25) is 0 Å². The Balaban J connectivity index is 2.18. The average Bonchev–Trinajstić information content (AvgIpc) is 2.88. The molecule has 2 aliphatic heterocycles. The predicted molar refractivity (Wildman–Crippen MR) is 88.7 cm³/mol. The Morgan fingerprint density at radius 3 is 2.19 bits per heavy atom. The summed E-state index contributed by atoms with van der Waals surface area (Å²) in [7, 11) is 0. The third kappa shape index (κ3) is 4.53. The third-order valence-corrected chi connectivity index (χ3v) is 4.02. The molecule has 9 nitrogen and oxygen atoms in total. The van der Waals surface area contributed by atoms with E-state index in [1.54, 1.807) is 34.6 Å². The van der Waals surface area contributed by atoms with E-state index in [4.69, 9.17) is 23.7 Å². The van der Waals surface area contributed by atoms with Crippen LogP contribution in [0.1, 0.15) is 34.6 Å². The van der Waals surface area contributed by atoms with Crippen LogP contribution in [-0.4, -0.2) is 66.7 Å². The topological polar surface area (TPSA) is 113 Å². The molecule has 148 valence electrons. The van der Waals surface area contributed by atoms with E-state index in [2.05, 4.69) is 5.32 Å². The summed E-state index contributed by atoms with van der Waals surface area (Å²) in [6.45, 7) is 8.68. The Labute approximate surface area is 152 Å². The van der Waals surface area contributed by atoms with Crippen molar-refractivity contribution in [3.05, 3.63) is 11.8 Å². The van der Waals surface area contributed by atoms with Crippen LogP contribution < -0.4 is 5.32 Å². The van der Waals surface area contributed by atoms with Crippen molar-refractivity contribution >= 4 is 11.9 Å². The zero-order valence-electron chi connectivity index (χ0n) is 15.7. The molecule has 0 aliphatic carbocycles. The number of rotatable bonds is 6. The summed E-state index contributed by atoms with van der Waals surface area (Å²) >= 11 is 0. The van der Waals surface area contributed by atoms with Crippen molar-refractivity contribution in [3.8, 4) is 0 Å². The van der Waals surface area contributed by atoms with Gasteiger partial charge in [0.15, 0.2) is 17.6 Å². The molecular formula is C17H27NO8. The summed E-state index contributed by atoms with van der Waals surface area (Å²) in [5.74, 6) is -2.50. The fourth-order valence-corrected chi connectivity index (χ4v) is 2.89. The molecule has 5 atom stereocenters. The molecular weight excluding hydrogens is 346 g/mol. The van der Waals surface area contributed by atoms with Crippen LogP contribution in [-0.2, 0) is 33.3 Å². The Morgan fingerprint density at radius 1 is 1.12 bits per heavy atom. The average molecular weight is 373 g/mol. The largest absolute Gasteiger partial charge is 0.462 e. The van der Waals surface area contributed by atoms with Gasteiger partial charge in [-0.2, -0.15) is 0 Å². The zero-order valence-corrected chi connectivity index (χ0v) is 15.7. The SMILES string of the molecule is CCOC(=O)C(=CN[C@H]1O[C@@H](C)[C@H](O)[C@H]2OC(C)(C)O[C@H]21)C(=O)OCC. The first-order valence-electron chi connectivity index (χ1n) is 8.69. The highest BCUT2D eigenvalue weighted by Crippen LogP contribution is 2.36. The number of carbonyl (C=O) groups excluding carboxylic acids is 2. The number of hydrogen-bond donors (Lipinski definition) is 2. The van der Waals surface area contributed by atoms with E-state index in [1.807, 2.05) is 0 Å². The molecule has 0 radical (unpaired) electrons. The summed E-state index contributed by atoms with van der Waals surface area (Å²) in [4.78, 5) is 24.0. The van der Waals surface area contributed by atoms with Crippen LogP contribution >= 0.6 is 0 Å². The number of aliphatic hydroxyl groups excluding tert-OH is 1. The van der Waals surface area contributed by atoms with Gasteiger partial charge in [-0.05, 0) is 34.6 Å². The highest BCUT2D eigenvalue weighted by molar-refractivity contribution is 6.13. The Hall–Kier alpha value is -1.68. The number of nitrogens with one attached hydrogen (secondary N) is 1. The van der Waals surface area contributed by atoms with Crippen LogP contribution in [0.25, 0.3) is 0 Å². The number of hydrogen-bond acceptors (Lipinski definition) is 9. The molecule has 9 heteroatoms. The molecule has 2 saturated heterocycles. The maximum atomic E-state index is 12.0. The number of carbonyl (C=O) groups is 2. The van der Waals surface area contributed by atoms with Crippen LogP contribution in [0.3, 0.4) is 0 Å². The second-order valence-electron chi connectivity index (χ2n) is 6.48. The summed E-state index contributed by atoms with van der Waals surface area (Å²) in [6.07, 6.45) is -2.17. The van der Waals surface area contributed by atoms with Crippen LogP contribution in [0.5, 0.6) is 0 Å². The molecule has 0 spiro atoms. The van der Waals surface area contributed by atoms with Crippen molar-refractivity contribution in [2.45, 2.75) is 71.0 Å². The zero-order chi connectivity index (χ0) is 19.5. The van der Waals surface area contributed by atoms with Crippen molar-refractivity contribution in [2.24, 2.45) is 0 Å². The van der Waals surface area contributed by atoms with Crippen molar-refractivity contribution in [2.75, 3.05) is 13.2 Å². The van der Waals surface area contributed by atoms with E-state index in [9.17, 15) is 14.7 Å². The quantitative estimate of drug-likeness (QED) is 0.292. The molecule has 2 heterocycles. The second-order valence-corrected chi connectivity index (χ2v) is 6.48. The van der Waals surface area contributed by atoms with E-state index in [0.717, 1.165) is 0 Å². The lowest BCUT2D eigenvalue weighted by Crippen LogP contribution is -2.58. The van der Waals surface area contributed by atoms with Gasteiger partial charge >= 0.3 is 11.9 Å². The fourth-order valence-electron chi connectivity index (χ4n) is 2.89. The van der Waals surface area contributed by atoms with E-state index in [0.29, 0.717) is 0 Å². The molecule has 0 aromatic heterocycles. The first kappa shape index (κ1) is 20.6. The van der Waals surface area contributed by atoms with Gasteiger partial charge in [0, 0.05) is 6.20 Å². The first-order chi connectivity index (χ1) is 12.2. The molecule has 0 aromatic rings. The van der Waals surface area contributed by atoms with Crippen LogP contribution in [0, 0.1) is 0 Å². The smallest absolute Gasteiger partial charge is 0.347 e. The standard InChI is InChI=1S/C17H27NO8/c1-6-22-15(20)10(16(21)23-7-2)8-18-14-13-12(11(19)9(3)24-14)25-17(4,5)26-13/h8-9,11-14,18-19H,6-7H2,1-5H3/t9-,11-,12+,13+,14-/m0/s1. The molecule has 0 saturated carbocycles. The number of fused-ring (bicyclic) bond motifs is 1. The highest BCUT2D eigenvalue weighted by atomic mass is 16.8. The summed E-state index contributed by atoms with van der Waals surface area (Å²) < 4.78 is 27.0. The van der Waals surface area contributed by atoms with Crippen molar-refractivity contribution < 1.29 is 38.4 Å².